The average molecular weight is 441 g/mol. The summed E-state index contributed by atoms with van der Waals surface area (Å²) in [6.45, 7) is 5.42. The summed E-state index contributed by atoms with van der Waals surface area (Å²) in [5.74, 6) is -0.955. The van der Waals surface area contributed by atoms with Gasteiger partial charge in [0, 0.05) is 0 Å². The van der Waals surface area contributed by atoms with Gasteiger partial charge in [0.2, 0.25) is 5.91 Å². The van der Waals surface area contributed by atoms with Crippen LogP contribution in [0.3, 0.4) is 0 Å². The van der Waals surface area contributed by atoms with Gasteiger partial charge < -0.3 is 5.32 Å². The van der Waals surface area contributed by atoms with Gasteiger partial charge in [0.1, 0.15) is 12.4 Å². The van der Waals surface area contributed by atoms with E-state index in [2.05, 4.69) is 5.32 Å². The molecular weight excluding hydrogens is 415 g/mol. The molecule has 1 amide bonds. The van der Waals surface area contributed by atoms with Crippen molar-refractivity contribution in [3.8, 4) is 0 Å². The molecule has 3 aromatic rings. The van der Waals surface area contributed by atoms with Crippen molar-refractivity contribution < 1.29 is 17.6 Å². The molecule has 0 bridgehead atoms. The Morgan fingerprint density at radius 1 is 0.968 bits per heavy atom. The van der Waals surface area contributed by atoms with Crippen molar-refractivity contribution in [2.45, 2.75) is 31.7 Å². The summed E-state index contributed by atoms with van der Waals surface area (Å²) in [4.78, 5) is 12.9. The Morgan fingerprint density at radius 3 is 2.23 bits per heavy atom. The Kier molecular flexibility index (Phi) is 6.75. The van der Waals surface area contributed by atoms with Gasteiger partial charge in [-0.05, 0) is 73.9 Å². The number of carbonyl (C=O) groups is 1. The van der Waals surface area contributed by atoms with Crippen molar-refractivity contribution in [3.63, 3.8) is 0 Å². The summed E-state index contributed by atoms with van der Waals surface area (Å²) < 4.78 is 40.9. The number of sulfonamides is 1. The zero-order valence-corrected chi connectivity index (χ0v) is 18.5. The van der Waals surface area contributed by atoms with Crippen molar-refractivity contribution in [1.82, 2.24) is 5.32 Å². The fourth-order valence-corrected chi connectivity index (χ4v) is 4.62. The number of amides is 1. The lowest BCUT2D eigenvalue weighted by Gasteiger charge is -2.25. The summed E-state index contributed by atoms with van der Waals surface area (Å²) in [6.07, 6.45) is 0. The third-order valence-corrected chi connectivity index (χ3v) is 6.93. The molecule has 5 nitrogen and oxygen atoms in total. The van der Waals surface area contributed by atoms with E-state index in [4.69, 9.17) is 0 Å². The highest BCUT2D eigenvalue weighted by molar-refractivity contribution is 7.92. The first kappa shape index (κ1) is 22.5. The smallest absolute Gasteiger partial charge is 0.264 e. The van der Waals surface area contributed by atoms with Crippen molar-refractivity contribution in [2.75, 3.05) is 10.8 Å². The summed E-state index contributed by atoms with van der Waals surface area (Å²) >= 11 is 0. The first-order chi connectivity index (χ1) is 14.7. The van der Waals surface area contributed by atoms with E-state index < -0.39 is 28.3 Å². The predicted octanol–water partition coefficient (Wildman–Crippen LogP) is 4.52. The van der Waals surface area contributed by atoms with Crippen LogP contribution in [0.1, 0.15) is 29.7 Å². The van der Waals surface area contributed by atoms with Crippen molar-refractivity contribution in [2.24, 2.45) is 0 Å². The Balaban J connectivity index is 1.87. The molecule has 0 heterocycles. The monoisotopic (exact) mass is 440 g/mol. The Bertz CT molecular complexity index is 1160. The van der Waals surface area contributed by atoms with E-state index in [9.17, 15) is 17.6 Å². The molecule has 1 N–H and O–H groups in total. The Labute approximate surface area is 182 Å². The third kappa shape index (κ3) is 5.30. The lowest BCUT2D eigenvalue weighted by atomic mass is 10.0. The molecule has 0 aliphatic heterocycles. The quantitative estimate of drug-likeness (QED) is 0.588. The first-order valence-electron chi connectivity index (χ1n) is 9.88. The summed E-state index contributed by atoms with van der Waals surface area (Å²) in [5.41, 5.74) is 3.40. The van der Waals surface area contributed by atoms with Crippen LogP contribution in [-0.4, -0.2) is 20.9 Å². The van der Waals surface area contributed by atoms with Crippen molar-refractivity contribution in [1.29, 1.82) is 0 Å². The lowest BCUT2D eigenvalue weighted by molar-refractivity contribution is -0.120. The standard InChI is InChI=1S/C24H25FN2O3S/c1-17-9-10-20(15-18(17)2)19(3)26-24(28)16-27(22-13-11-21(25)12-14-22)31(29,30)23-7-5-4-6-8-23/h4-15,19H,16H2,1-3H3,(H,26,28). The number of benzene rings is 3. The van der Waals surface area contributed by atoms with Gasteiger partial charge in [0.05, 0.1) is 16.6 Å². The van der Waals surface area contributed by atoms with Gasteiger partial charge in [-0.2, -0.15) is 0 Å². The second-order valence-corrected chi connectivity index (χ2v) is 9.30. The van der Waals surface area contributed by atoms with Gasteiger partial charge >= 0.3 is 0 Å². The fourth-order valence-electron chi connectivity index (χ4n) is 3.18. The van der Waals surface area contributed by atoms with Gasteiger partial charge in [0.15, 0.2) is 0 Å². The van der Waals surface area contributed by atoms with Crippen LogP contribution >= 0.6 is 0 Å². The van der Waals surface area contributed by atoms with Gasteiger partial charge in [-0.15, -0.1) is 0 Å². The number of carbonyl (C=O) groups excluding carboxylic acids is 1. The van der Waals surface area contributed by atoms with Gasteiger partial charge in [0.25, 0.3) is 10.0 Å². The molecule has 0 radical (unpaired) electrons. The minimum absolute atomic E-state index is 0.0503. The highest BCUT2D eigenvalue weighted by atomic mass is 32.2. The molecule has 0 aliphatic carbocycles. The SMILES string of the molecule is Cc1ccc(C(C)NC(=O)CN(c2ccc(F)cc2)S(=O)(=O)c2ccccc2)cc1C. The number of anilines is 1. The average Bonchev–Trinajstić information content (AvgIpc) is 2.75. The molecule has 7 heteroatoms. The van der Waals surface area contributed by atoms with Crippen molar-refractivity contribution in [3.05, 3.63) is 95.3 Å². The zero-order chi connectivity index (χ0) is 22.6. The molecule has 0 fully saturated rings. The highest BCUT2D eigenvalue weighted by Crippen LogP contribution is 2.24. The number of rotatable bonds is 7. The van der Waals surface area contributed by atoms with Crippen LogP contribution in [0.5, 0.6) is 0 Å². The van der Waals surface area contributed by atoms with E-state index in [1.165, 1.54) is 36.4 Å². The van der Waals surface area contributed by atoms with Crippen molar-refractivity contribution >= 4 is 21.6 Å². The molecule has 1 atom stereocenters. The summed E-state index contributed by atoms with van der Waals surface area (Å²) in [7, 11) is -4.02. The maximum atomic E-state index is 13.4. The van der Waals surface area contributed by atoms with Crippen LogP contribution in [0, 0.1) is 19.7 Å². The van der Waals surface area contributed by atoms with Gasteiger partial charge in [-0.25, -0.2) is 12.8 Å². The number of nitrogens with zero attached hydrogens (tertiary/aromatic N) is 1. The van der Waals surface area contributed by atoms with Crippen LogP contribution in [0.25, 0.3) is 0 Å². The number of halogens is 1. The topological polar surface area (TPSA) is 66.5 Å². The second-order valence-electron chi connectivity index (χ2n) is 7.43. The van der Waals surface area contributed by atoms with Crippen LogP contribution in [-0.2, 0) is 14.8 Å². The molecule has 0 spiro atoms. The van der Waals surface area contributed by atoms with Gasteiger partial charge in [-0.3, -0.25) is 9.10 Å². The number of hydrogen-bond acceptors (Lipinski definition) is 3. The van der Waals surface area contributed by atoms with Gasteiger partial charge in [-0.1, -0.05) is 36.4 Å². The third-order valence-electron chi connectivity index (χ3n) is 5.14. The van der Waals surface area contributed by atoms with Crippen LogP contribution in [0.15, 0.2) is 77.7 Å². The molecule has 162 valence electrons. The first-order valence-corrected chi connectivity index (χ1v) is 11.3. The number of nitrogens with one attached hydrogen (secondary N) is 1. The molecule has 31 heavy (non-hydrogen) atoms. The Morgan fingerprint density at radius 2 is 1.61 bits per heavy atom. The molecule has 0 aliphatic rings. The van der Waals surface area contributed by atoms with E-state index in [0.29, 0.717) is 0 Å². The van der Waals surface area contributed by atoms with Crippen LogP contribution in [0.2, 0.25) is 0 Å². The van der Waals surface area contributed by atoms with Crippen LogP contribution < -0.4 is 9.62 Å². The number of aryl methyl sites for hydroxylation is 2. The molecular formula is C24H25FN2O3S. The minimum Gasteiger partial charge on any atom is -0.348 e. The largest absolute Gasteiger partial charge is 0.348 e. The fraction of sp³-hybridized carbons (Fsp3) is 0.208. The minimum atomic E-state index is -4.02. The van der Waals surface area contributed by atoms with E-state index in [1.807, 2.05) is 39.0 Å². The van der Waals surface area contributed by atoms with Crippen LogP contribution in [0.4, 0.5) is 10.1 Å². The lowest BCUT2D eigenvalue weighted by Crippen LogP contribution is -2.41. The molecule has 0 aromatic heterocycles. The molecule has 3 aromatic carbocycles. The van der Waals surface area contributed by atoms with E-state index in [-0.39, 0.29) is 16.6 Å². The molecule has 1 unspecified atom stereocenters. The normalized spacial score (nSPS) is 12.3. The molecule has 0 saturated heterocycles. The summed E-state index contributed by atoms with van der Waals surface area (Å²) in [5, 5.41) is 2.86. The Hall–Kier alpha value is -3.19. The maximum Gasteiger partial charge on any atom is 0.264 e. The number of hydrogen-bond donors (Lipinski definition) is 1. The van der Waals surface area contributed by atoms with E-state index in [0.717, 1.165) is 21.0 Å². The summed E-state index contributed by atoms with van der Waals surface area (Å²) in [6, 6.07) is 18.5. The van der Waals surface area contributed by atoms with E-state index >= 15 is 0 Å². The molecule has 0 saturated carbocycles. The predicted molar refractivity (Wildman–Crippen MR) is 120 cm³/mol. The highest BCUT2D eigenvalue weighted by Gasteiger charge is 2.27. The second kappa shape index (κ2) is 9.31. The van der Waals surface area contributed by atoms with E-state index in [1.54, 1.807) is 18.2 Å². The maximum absolute atomic E-state index is 13.4. The zero-order valence-electron chi connectivity index (χ0n) is 17.7. The molecule has 3 rings (SSSR count).